The van der Waals surface area contributed by atoms with E-state index in [1.807, 2.05) is 23.8 Å². The second kappa shape index (κ2) is 10.2. The van der Waals surface area contributed by atoms with Crippen LogP contribution in [0, 0.1) is 6.92 Å². The summed E-state index contributed by atoms with van der Waals surface area (Å²) >= 11 is 6.18. The van der Waals surface area contributed by atoms with E-state index >= 15 is 0 Å². The summed E-state index contributed by atoms with van der Waals surface area (Å²) in [5.41, 5.74) is 3.61. The van der Waals surface area contributed by atoms with Crippen molar-refractivity contribution >= 4 is 31.4 Å². The number of carbonyl (C=O) groups excluding carboxylic acids is 1. The maximum atomic E-state index is 12.4. The number of aryl methyl sites for hydroxylation is 2. The van der Waals surface area contributed by atoms with E-state index in [1.165, 1.54) is 0 Å². The van der Waals surface area contributed by atoms with Crippen LogP contribution >= 0.6 is 11.6 Å². The van der Waals surface area contributed by atoms with Crippen molar-refractivity contribution in [1.82, 2.24) is 25.0 Å². The van der Waals surface area contributed by atoms with E-state index in [2.05, 4.69) is 45.4 Å². The SMILES string of the molecule is Cc1cnncc1-c1cc(NC(=O)CCc2cc(Cl)cn2COCC[Si](C)(C)C)n[nH]1. The minimum absolute atomic E-state index is 0.119. The molecule has 0 saturated carbocycles. The van der Waals surface area contributed by atoms with Gasteiger partial charge in [-0.15, -0.1) is 0 Å². The van der Waals surface area contributed by atoms with Gasteiger partial charge in [-0.2, -0.15) is 15.3 Å². The Kier molecular flexibility index (Phi) is 7.63. The normalized spacial score (nSPS) is 11.6. The summed E-state index contributed by atoms with van der Waals surface area (Å²) in [6.45, 7) is 10.1. The summed E-state index contributed by atoms with van der Waals surface area (Å²) < 4.78 is 7.79. The molecule has 0 bridgehead atoms. The highest BCUT2D eigenvalue weighted by atomic mass is 35.5. The predicted octanol–water partition coefficient (Wildman–Crippen LogP) is 4.51. The molecule has 0 aromatic carbocycles. The topological polar surface area (TPSA) is 97.7 Å². The van der Waals surface area contributed by atoms with E-state index in [1.54, 1.807) is 18.5 Å². The first-order valence-electron chi connectivity index (χ1n) is 10.3. The Hall–Kier alpha value is -2.49. The van der Waals surface area contributed by atoms with E-state index in [0.717, 1.165) is 35.2 Å². The standard InChI is InChI=1S/C21H29ClN6O2Si/c1-15-11-23-24-12-18(15)19-10-20(27-26-19)25-21(29)6-5-17-9-16(22)13-28(17)14-30-7-8-31(2,3)4/h9-13H,5-8,14H2,1-4H3,(H2,25,26,27,29). The van der Waals surface area contributed by atoms with Gasteiger partial charge in [0, 0.05) is 44.6 Å². The van der Waals surface area contributed by atoms with Crippen molar-refractivity contribution in [1.29, 1.82) is 0 Å². The van der Waals surface area contributed by atoms with Gasteiger partial charge in [-0.1, -0.05) is 31.2 Å². The summed E-state index contributed by atoms with van der Waals surface area (Å²) in [6.07, 6.45) is 6.06. The van der Waals surface area contributed by atoms with Gasteiger partial charge in [0.2, 0.25) is 5.91 Å². The minimum Gasteiger partial charge on any atom is -0.361 e. The number of aromatic amines is 1. The minimum atomic E-state index is -1.12. The molecule has 0 unspecified atom stereocenters. The third-order valence-electron chi connectivity index (χ3n) is 4.85. The molecule has 2 N–H and O–H groups in total. The number of hydrogen-bond donors (Lipinski definition) is 2. The van der Waals surface area contributed by atoms with Crippen LogP contribution in [0.3, 0.4) is 0 Å². The van der Waals surface area contributed by atoms with E-state index in [9.17, 15) is 4.79 Å². The summed E-state index contributed by atoms with van der Waals surface area (Å²) in [6, 6.07) is 4.77. The molecule has 0 aliphatic rings. The fourth-order valence-corrected chi connectivity index (χ4v) is 4.02. The Morgan fingerprint density at radius 3 is 2.77 bits per heavy atom. The molecule has 3 aromatic rings. The molecule has 10 heteroatoms. The van der Waals surface area contributed by atoms with Gasteiger partial charge in [-0.25, -0.2) is 0 Å². The molecule has 0 aliphatic carbocycles. The number of halogens is 1. The van der Waals surface area contributed by atoms with Crippen LogP contribution in [0.25, 0.3) is 11.3 Å². The summed E-state index contributed by atoms with van der Waals surface area (Å²) in [5, 5.41) is 18.3. The largest absolute Gasteiger partial charge is 0.361 e. The fourth-order valence-electron chi connectivity index (χ4n) is 3.02. The average molecular weight is 461 g/mol. The van der Waals surface area contributed by atoms with Gasteiger partial charge >= 0.3 is 0 Å². The lowest BCUT2D eigenvalue weighted by atomic mass is 10.1. The number of ether oxygens (including phenoxy) is 1. The van der Waals surface area contributed by atoms with Gasteiger partial charge in [0.15, 0.2) is 5.82 Å². The summed E-state index contributed by atoms with van der Waals surface area (Å²) in [4.78, 5) is 12.4. The van der Waals surface area contributed by atoms with Crippen molar-refractivity contribution in [3.63, 3.8) is 0 Å². The van der Waals surface area contributed by atoms with E-state index < -0.39 is 8.07 Å². The van der Waals surface area contributed by atoms with Crippen LogP contribution in [0.4, 0.5) is 5.82 Å². The lowest BCUT2D eigenvalue weighted by Gasteiger charge is -2.16. The number of carbonyl (C=O) groups is 1. The quantitative estimate of drug-likeness (QED) is 0.342. The molecule has 8 nitrogen and oxygen atoms in total. The zero-order valence-corrected chi connectivity index (χ0v) is 20.2. The third kappa shape index (κ3) is 7.02. The zero-order chi connectivity index (χ0) is 22.4. The maximum Gasteiger partial charge on any atom is 0.225 e. The highest BCUT2D eigenvalue weighted by molar-refractivity contribution is 6.76. The summed E-state index contributed by atoms with van der Waals surface area (Å²) in [5.74, 6) is 0.352. The second-order valence-corrected chi connectivity index (χ2v) is 14.8. The van der Waals surface area contributed by atoms with Crippen molar-refractivity contribution in [3.8, 4) is 11.3 Å². The van der Waals surface area contributed by atoms with Crippen LogP contribution in [0.2, 0.25) is 30.7 Å². The molecule has 0 atom stereocenters. The Balaban J connectivity index is 1.52. The van der Waals surface area contributed by atoms with Gasteiger partial charge in [-0.3, -0.25) is 9.89 Å². The van der Waals surface area contributed by atoms with Gasteiger partial charge in [0.05, 0.1) is 23.1 Å². The maximum absolute atomic E-state index is 12.4. The molecule has 3 aromatic heterocycles. The summed E-state index contributed by atoms with van der Waals surface area (Å²) in [7, 11) is -1.12. The second-order valence-electron chi connectivity index (χ2n) is 8.77. The molecule has 31 heavy (non-hydrogen) atoms. The van der Waals surface area contributed by atoms with Crippen LogP contribution < -0.4 is 5.32 Å². The van der Waals surface area contributed by atoms with Crippen LogP contribution in [-0.2, 0) is 22.7 Å². The van der Waals surface area contributed by atoms with Crippen molar-refractivity contribution in [2.45, 2.75) is 52.2 Å². The first-order valence-corrected chi connectivity index (χ1v) is 14.3. The fraction of sp³-hybridized carbons (Fsp3) is 0.429. The Labute approximate surface area is 188 Å². The molecule has 0 radical (unpaired) electrons. The predicted molar refractivity (Wildman–Crippen MR) is 125 cm³/mol. The number of anilines is 1. The lowest BCUT2D eigenvalue weighted by molar-refractivity contribution is -0.116. The van der Waals surface area contributed by atoms with E-state index in [0.29, 0.717) is 30.4 Å². The number of nitrogens with zero attached hydrogens (tertiary/aromatic N) is 4. The van der Waals surface area contributed by atoms with E-state index in [-0.39, 0.29) is 5.91 Å². The number of rotatable bonds is 10. The molecule has 0 saturated heterocycles. The van der Waals surface area contributed by atoms with Crippen LogP contribution in [0.5, 0.6) is 0 Å². The van der Waals surface area contributed by atoms with Crippen molar-refractivity contribution in [2.75, 3.05) is 11.9 Å². The average Bonchev–Trinajstić information content (AvgIpc) is 3.29. The van der Waals surface area contributed by atoms with Gasteiger partial charge in [0.1, 0.15) is 6.73 Å². The van der Waals surface area contributed by atoms with Gasteiger partial charge < -0.3 is 14.6 Å². The number of nitrogens with one attached hydrogen (secondary N) is 2. The monoisotopic (exact) mass is 460 g/mol. The highest BCUT2D eigenvalue weighted by Gasteiger charge is 2.14. The number of hydrogen-bond acceptors (Lipinski definition) is 5. The molecule has 0 spiro atoms. The molecular weight excluding hydrogens is 432 g/mol. The molecule has 166 valence electrons. The molecule has 0 fully saturated rings. The molecule has 0 aliphatic heterocycles. The number of H-pyrrole nitrogens is 1. The van der Waals surface area contributed by atoms with Crippen molar-refractivity contribution in [3.05, 3.63) is 47.0 Å². The van der Waals surface area contributed by atoms with E-state index in [4.69, 9.17) is 16.3 Å². The Morgan fingerprint density at radius 1 is 1.26 bits per heavy atom. The highest BCUT2D eigenvalue weighted by Crippen LogP contribution is 2.22. The Bertz CT molecular complexity index is 1030. The van der Waals surface area contributed by atoms with Gasteiger partial charge in [-0.05, 0) is 31.0 Å². The molecular formula is C21H29ClN6O2Si. The molecule has 3 rings (SSSR count). The lowest BCUT2D eigenvalue weighted by Crippen LogP contribution is -2.22. The van der Waals surface area contributed by atoms with Crippen molar-refractivity contribution < 1.29 is 9.53 Å². The first kappa shape index (κ1) is 23.2. The van der Waals surface area contributed by atoms with Crippen LogP contribution in [0.15, 0.2) is 30.7 Å². The molecule has 1 amide bonds. The number of amides is 1. The molecule has 3 heterocycles. The van der Waals surface area contributed by atoms with Crippen LogP contribution in [0.1, 0.15) is 17.7 Å². The zero-order valence-electron chi connectivity index (χ0n) is 18.4. The van der Waals surface area contributed by atoms with Crippen LogP contribution in [-0.4, -0.2) is 45.5 Å². The Morgan fingerprint density at radius 2 is 2.03 bits per heavy atom. The smallest absolute Gasteiger partial charge is 0.225 e. The number of aromatic nitrogens is 5. The van der Waals surface area contributed by atoms with Gasteiger partial charge in [0.25, 0.3) is 0 Å². The third-order valence-corrected chi connectivity index (χ3v) is 6.76. The first-order chi connectivity index (χ1) is 14.7. The van der Waals surface area contributed by atoms with Crippen molar-refractivity contribution in [2.24, 2.45) is 0 Å².